The number of nitrogens with one attached hydrogen (secondary N) is 1. The van der Waals surface area contributed by atoms with Crippen molar-refractivity contribution in [1.82, 2.24) is 15.1 Å². The quantitative estimate of drug-likeness (QED) is 0.734. The second kappa shape index (κ2) is 9.67. The number of Topliss-reactive ketones (excluding diaryl/α,β-unsaturated/α-hetero) is 1. The lowest BCUT2D eigenvalue weighted by molar-refractivity contribution is -0.150. The van der Waals surface area contributed by atoms with Gasteiger partial charge in [0.25, 0.3) is 0 Å². The largest absolute Gasteiger partial charge is 0.341 e. The van der Waals surface area contributed by atoms with Crippen molar-refractivity contribution in [2.45, 2.75) is 65.5 Å². The predicted molar refractivity (Wildman–Crippen MR) is 106 cm³/mol. The lowest BCUT2D eigenvalue weighted by Gasteiger charge is -2.42. The maximum absolute atomic E-state index is 13.3. The maximum atomic E-state index is 13.3. The van der Waals surface area contributed by atoms with Gasteiger partial charge in [-0.3, -0.25) is 14.4 Å². The van der Waals surface area contributed by atoms with Crippen LogP contribution in [0.1, 0.15) is 53.4 Å². The number of carbonyl (C=O) groups excluding carboxylic acids is 3. The van der Waals surface area contributed by atoms with Gasteiger partial charge in [-0.25, -0.2) is 0 Å². The third-order valence-corrected chi connectivity index (χ3v) is 5.65. The molecule has 0 unspecified atom stereocenters. The van der Waals surface area contributed by atoms with E-state index < -0.39 is 6.04 Å². The Balaban J connectivity index is 2.11. The van der Waals surface area contributed by atoms with E-state index in [4.69, 9.17) is 0 Å². The van der Waals surface area contributed by atoms with Crippen molar-refractivity contribution in [1.29, 1.82) is 0 Å². The molecule has 0 bridgehead atoms. The Hall–Kier alpha value is -1.43. The van der Waals surface area contributed by atoms with Gasteiger partial charge in [-0.05, 0) is 37.5 Å². The van der Waals surface area contributed by atoms with Gasteiger partial charge in [-0.15, -0.1) is 0 Å². The summed E-state index contributed by atoms with van der Waals surface area (Å²) in [4.78, 5) is 41.5. The summed E-state index contributed by atoms with van der Waals surface area (Å²) in [6, 6.07) is -0.600. The molecule has 2 saturated heterocycles. The van der Waals surface area contributed by atoms with E-state index in [2.05, 4.69) is 39.9 Å². The third-order valence-electron chi connectivity index (χ3n) is 5.65. The molecule has 2 amide bonds. The van der Waals surface area contributed by atoms with Crippen LogP contribution in [0.15, 0.2) is 0 Å². The first-order valence-electron chi connectivity index (χ1n) is 10.4. The van der Waals surface area contributed by atoms with Crippen molar-refractivity contribution in [3.8, 4) is 0 Å². The van der Waals surface area contributed by atoms with Gasteiger partial charge in [0.2, 0.25) is 11.8 Å². The van der Waals surface area contributed by atoms with Crippen molar-refractivity contribution < 1.29 is 14.4 Å². The number of piperazine rings is 1. The van der Waals surface area contributed by atoms with Gasteiger partial charge >= 0.3 is 0 Å². The van der Waals surface area contributed by atoms with Crippen LogP contribution in [0.3, 0.4) is 0 Å². The van der Waals surface area contributed by atoms with E-state index in [1.54, 1.807) is 0 Å². The SMILES string of the molecule is [CH2]C(=O)C1CCN(C(=O)[C@H](CC(C)C)N2CCN[C@@H](CC(C)C)C2=O)CC1. The highest BCUT2D eigenvalue weighted by Crippen LogP contribution is 2.23. The molecule has 1 N–H and O–H groups in total. The molecule has 0 aromatic heterocycles. The summed E-state index contributed by atoms with van der Waals surface area (Å²) in [5, 5.41) is 3.31. The minimum atomic E-state index is -0.402. The molecule has 6 heteroatoms. The molecule has 2 rings (SSSR count). The van der Waals surface area contributed by atoms with Crippen LogP contribution in [0.25, 0.3) is 0 Å². The number of likely N-dealkylation sites (tertiary alicyclic amines) is 1. The van der Waals surface area contributed by atoms with Gasteiger partial charge in [0.1, 0.15) is 11.8 Å². The van der Waals surface area contributed by atoms with E-state index >= 15 is 0 Å². The van der Waals surface area contributed by atoms with Crippen molar-refractivity contribution in [3.05, 3.63) is 6.92 Å². The highest BCUT2D eigenvalue weighted by Gasteiger charge is 2.39. The van der Waals surface area contributed by atoms with Crippen LogP contribution in [0.4, 0.5) is 0 Å². The Morgan fingerprint density at radius 1 is 1.11 bits per heavy atom. The zero-order valence-corrected chi connectivity index (χ0v) is 17.4. The zero-order valence-electron chi connectivity index (χ0n) is 17.4. The molecule has 2 aliphatic rings. The van der Waals surface area contributed by atoms with Crippen LogP contribution in [0.2, 0.25) is 0 Å². The summed E-state index contributed by atoms with van der Waals surface area (Å²) in [5.74, 6) is 0.770. The van der Waals surface area contributed by atoms with Crippen molar-refractivity contribution in [3.63, 3.8) is 0 Å². The lowest BCUT2D eigenvalue weighted by atomic mass is 9.92. The minimum Gasteiger partial charge on any atom is -0.341 e. The number of carbonyl (C=O) groups is 3. The van der Waals surface area contributed by atoms with Crippen molar-refractivity contribution in [2.24, 2.45) is 17.8 Å². The first kappa shape index (κ1) is 21.9. The second-order valence-electron chi connectivity index (χ2n) is 8.88. The number of hydrogen-bond donors (Lipinski definition) is 1. The second-order valence-corrected chi connectivity index (χ2v) is 8.88. The van der Waals surface area contributed by atoms with Gasteiger partial charge < -0.3 is 15.1 Å². The van der Waals surface area contributed by atoms with E-state index in [1.807, 2.05) is 9.80 Å². The van der Waals surface area contributed by atoms with E-state index in [-0.39, 0.29) is 29.6 Å². The zero-order chi connectivity index (χ0) is 20.1. The molecule has 0 aliphatic carbocycles. The fourth-order valence-electron chi connectivity index (χ4n) is 4.16. The van der Waals surface area contributed by atoms with Crippen molar-refractivity contribution >= 4 is 17.6 Å². The summed E-state index contributed by atoms with van der Waals surface area (Å²) in [7, 11) is 0. The third kappa shape index (κ3) is 5.77. The fourth-order valence-corrected chi connectivity index (χ4v) is 4.16. The van der Waals surface area contributed by atoms with E-state index in [1.165, 1.54) is 0 Å². The molecular weight excluding hydrogens is 342 g/mol. The minimum absolute atomic E-state index is 0.0327. The highest BCUT2D eigenvalue weighted by molar-refractivity contribution is 5.91. The number of nitrogens with zero attached hydrogens (tertiary/aromatic N) is 2. The number of ketones is 1. The molecule has 2 heterocycles. The standard InChI is InChI=1S/C21H36N3O3/c1-14(2)12-18-20(26)24(11-8-22-18)19(13-15(3)4)21(27)23-9-6-17(7-10-23)16(5)25/h14-15,17-19,22H,5-13H2,1-4H3/t18-,19-/m0/s1. The van der Waals surface area contributed by atoms with Crippen LogP contribution >= 0.6 is 0 Å². The van der Waals surface area contributed by atoms with Gasteiger partial charge in [0.05, 0.1) is 6.04 Å². The summed E-state index contributed by atoms with van der Waals surface area (Å²) < 4.78 is 0. The van der Waals surface area contributed by atoms with Crippen LogP contribution < -0.4 is 5.32 Å². The molecule has 2 atom stereocenters. The number of hydrogen-bond acceptors (Lipinski definition) is 4. The molecular formula is C21H36N3O3. The molecule has 0 saturated carbocycles. The molecule has 0 spiro atoms. The Morgan fingerprint density at radius 2 is 1.74 bits per heavy atom. The molecule has 2 fully saturated rings. The average molecular weight is 379 g/mol. The summed E-state index contributed by atoms with van der Waals surface area (Å²) in [5.41, 5.74) is 0. The summed E-state index contributed by atoms with van der Waals surface area (Å²) in [6.07, 6.45) is 2.81. The molecule has 0 aromatic carbocycles. The average Bonchev–Trinajstić information content (AvgIpc) is 2.60. The molecule has 27 heavy (non-hydrogen) atoms. The fraction of sp³-hybridized carbons (Fsp3) is 0.810. The smallest absolute Gasteiger partial charge is 0.245 e. The van der Waals surface area contributed by atoms with Gasteiger partial charge in [0.15, 0.2) is 0 Å². The predicted octanol–water partition coefficient (Wildman–Crippen LogP) is 1.89. The Kier molecular flexibility index (Phi) is 7.83. The molecule has 1 radical (unpaired) electrons. The monoisotopic (exact) mass is 378 g/mol. The van der Waals surface area contributed by atoms with Crippen LogP contribution in [-0.4, -0.2) is 65.7 Å². The summed E-state index contributed by atoms with van der Waals surface area (Å²) >= 11 is 0. The van der Waals surface area contributed by atoms with Crippen LogP contribution in [0.5, 0.6) is 0 Å². The number of rotatable bonds is 7. The normalized spacial score (nSPS) is 23.2. The highest BCUT2D eigenvalue weighted by atomic mass is 16.2. The molecule has 6 nitrogen and oxygen atoms in total. The first-order valence-corrected chi connectivity index (χ1v) is 10.4. The van der Waals surface area contributed by atoms with Crippen LogP contribution in [0, 0.1) is 24.7 Å². The van der Waals surface area contributed by atoms with Gasteiger partial charge in [-0.2, -0.15) is 0 Å². The Labute approximate surface area is 164 Å². The molecule has 2 aliphatic heterocycles. The summed E-state index contributed by atoms with van der Waals surface area (Å²) in [6.45, 7) is 14.4. The number of piperidine rings is 1. The Bertz CT molecular complexity index is 539. The van der Waals surface area contributed by atoms with E-state index in [0.717, 1.165) is 13.0 Å². The van der Waals surface area contributed by atoms with Gasteiger partial charge in [-0.1, -0.05) is 27.7 Å². The van der Waals surface area contributed by atoms with E-state index in [9.17, 15) is 14.4 Å². The molecule has 0 aromatic rings. The van der Waals surface area contributed by atoms with Gasteiger partial charge in [0, 0.05) is 39.0 Å². The topological polar surface area (TPSA) is 69.7 Å². The van der Waals surface area contributed by atoms with E-state index in [0.29, 0.717) is 50.7 Å². The van der Waals surface area contributed by atoms with Crippen molar-refractivity contribution in [2.75, 3.05) is 26.2 Å². The first-order chi connectivity index (χ1) is 12.7. The number of amides is 2. The maximum Gasteiger partial charge on any atom is 0.245 e. The Morgan fingerprint density at radius 3 is 2.26 bits per heavy atom. The lowest BCUT2D eigenvalue weighted by Crippen LogP contribution is -2.62. The van der Waals surface area contributed by atoms with Crippen LogP contribution in [-0.2, 0) is 14.4 Å². The molecule has 153 valence electrons.